The molecule has 108 valence electrons. The molecule has 2 N–H and O–H groups in total. The third-order valence-electron chi connectivity index (χ3n) is 3.38. The molecule has 1 aromatic carbocycles. The average Bonchev–Trinajstić information content (AvgIpc) is 2.51. The van der Waals surface area contributed by atoms with Crippen LogP contribution in [0.1, 0.15) is 19.4 Å². The molecule has 0 spiro atoms. The number of carbonyl (C=O) groups is 1. The highest BCUT2D eigenvalue weighted by atomic mass is 16.2. The van der Waals surface area contributed by atoms with E-state index in [2.05, 4.69) is 21.7 Å². The van der Waals surface area contributed by atoms with Gasteiger partial charge in [-0.05, 0) is 26.0 Å². The number of hydrogen-bond acceptors (Lipinski definition) is 4. The fraction of sp³-hybridized carbons (Fsp3) is 0.312. The molecule has 1 heterocycles. The first-order chi connectivity index (χ1) is 9.97. The van der Waals surface area contributed by atoms with Gasteiger partial charge in [0.05, 0.1) is 16.5 Å². The van der Waals surface area contributed by atoms with E-state index in [-0.39, 0.29) is 5.91 Å². The molecule has 2 aromatic rings. The summed E-state index contributed by atoms with van der Waals surface area (Å²) in [5.74, 6) is 0.447. The zero-order valence-corrected chi connectivity index (χ0v) is 12.4. The minimum absolute atomic E-state index is 0.0608. The van der Waals surface area contributed by atoms with E-state index in [1.807, 2.05) is 38.1 Å². The zero-order valence-electron chi connectivity index (χ0n) is 12.4. The summed E-state index contributed by atoms with van der Waals surface area (Å²) < 4.78 is 0. The van der Waals surface area contributed by atoms with E-state index >= 15 is 0 Å². The number of fused-ring (bicyclic) bond motifs is 1. The van der Waals surface area contributed by atoms with E-state index in [1.165, 1.54) is 0 Å². The van der Waals surface area contributed by atoms with E-state index in [1.54, 1.807) is 13.1 Å². The first-order valence-corrected chi connectivity index (χ1v) is 6.74. The minimum Gasteiger partial charge on any atom is -0.368 e. The van der Waals surface area contributed by atoms with Gasteiger partial charge < -0.3 is 10.6 Å². The number of benzene rings is 1. The standard InChI is InChI=1S/C16H18N4O/c1-16(2,15(21)18-3)10-19-14-12(9-17)8-11-6-4-5-7-13(11)20-14/h4-8H,10H2,1-3H3,(H,18,21)(H,19,20). The Morgan fingerprint density at radius 3 is 2.76 bits per heavy atom. The number of nitrogens with zero attached hydrogens (tertiary/aromatic N) is 2. The lowest BCUT2D eigenvalue weighted by atomic mass is 9.92. The zero-order chi connectivity index (χ0) is 15.5. The topological polar surface area (TPSA) is 77.8 Å². The van der Waals surface area contributed by atoms with Crippen molar-refractivity contribution in [2.24, 2.45) is 5.41 Å². The van der Waals surface area contributed by atoms with Gasteiger partial charge >= 0.3 is 0 Å². The van der Waals surface area contributed by atoms with Crippen LogP contribution in [0.15, 0.2) is 30.3 Å². The number of rotatable bonds is 4. The molecule has 0 unspecified atom stereocenters. The van der Waals surface area contributed by atoms with Crippen LogP contribution in [-0.2, 0) is 4.79 Å². The van der Waals surface area contributed by atoms with Crippen LogP contribution in [0, 0.1) is 16.7 Å². The van der Waals surface area contributed by atoms with Crippen LogP contribution in [0.4, 0.5) is 5.82 Å². The monoisotopic (exact) mass is 282 g/mol. The molecule has 21 heavy (non-hydrogen) atoms. The molecule has 2 rings (SSSR count). The Morgan fingerprint density at radius 2 is 2.10 bits per heavy atom. The quantitative estimate of drug-likeness (QED) is 0.902. The van der Waals surface area contributed by atoms with Gasteiger partial charge in [-0.25, -0.2) is 4.98 Å². The summed E-state index contributed by atoms with van der Waals surface area (Å²) in [6, 6.07) is 11.6. The van der Waals surface area contributed by atoms with Crippen molar-refractivity contribution in [3.63, 3.8) is 0 Å². The predicted molar refractivity (Wildman–Crippen MR) is 82.8 cm³/mol. The van der Waals surface area contributed by atoms with Gasteiger partial charge in [0.1, 0.15) is 11.9 Å². The number of aromatic nitrogens is 1. The second-order valence-corrected chi connectivity index (χ2v) is 5.51. The Hall–Kier alpha value is -2.61. The Labute approximate surface area is 124 Å². The van der Waals surface area contributed by atoms with Gasteiger partial charge in [-0.1, -0.05) is 18.2 Å². The fourth-order valence-corrected chi connectivity index (χ4v) is 2.06. The predicted octanol–water partition coefficient (Wildman–Crippen LogP) is 2.29. The molecular formula is C16H18N4O. The van der Waals surface area contributed by atoms with Crippen molar-refractivity contribution in [3.05, 3.63) is 35.9 Å². The van der Waals surface area contributed by atoms with Gasteiger partial charge in [-0.3, -0.25) is 4.79 Å². The summed E-state index contributed by atoms with van der Waals surface area (Å²) in [7, 11) is 1.61. The fourth-order valence-electron chi connectivity index (χ4n) is 2.06. The van der Waals surface area contributed by atoms with Gasteiger partial charge in [0.15, 0.2) is 0 Å². The highest BCUT2D eigenvalue weighted by Gasteiger charge is 2.26. The van der Waals surface area contributed by atoms with E-state index < -0.39 is 5.41 Å². The lowest BCUT2D eigenvalue weighted by Crippen LogP contribution is -2.39. The molecule has 0 saturated heterocycles. The number of nitrogens with one attached hydrogen (secondary N) is 2. The summed E-state index contributed by atoms with van der Waals surface area (Å²) in [5, 5.41) is 15.9. The van der Waals surface area contributed by atoms with Gasteiger partial charge in [0.25, 0.3) is 0 Å². The second kappa shape index (κ2) is 5.80. The van der Waals surface area contributed by atoms with Crippen molar-refractivity contribution in [1.29, 1.82) is 5.26 Å². The second-order valence-electron chi connectivity index (χ2n) is 5.51. The molecule has 0 bridgehead atoms. The Kier molecular flexibility index (Phi) is 4.08. The molecule has 5 nitrogen and oxygen atoms in total. The molecule has 5 heteroatoms. The lowest BCUT2D eigenvalue weighted by Gasteiger charge is -2.23. The number of para-hydroxylation sites is 1. The minimum atomic E-state index is -0.588. The van der Waals surface area contributed by atoms with Crippen LogP contribution in [0.3, 0.4) is 0 Å². The maximum atomic E-state index is 11.8. The highest BCUT2D eigenvalue weighted by molar-refractivity contribution is 5.84. The summed E-state index contributed by atoms with van der Waals surface area (Å²) in [4.78, 5) is 16.3. The summed E-state index contributed by atoms with van der Waals surface area (Å²) in [6.45, 7) is 4.07. The Bertz CT molecular complexity index is 716. The van der Waals surface area contributed by atoms with Crippen LogP contribution >= 0.6 is 0 Å². The van der Waals surface area contributed by atoms with Gasteiger partial charge in [-0.2, -0.15) is 5.26 Å². The molecule has 1 aromatic heterocycles. The van der Waals surface area contributed by atoms with Crippen LogP contribution < -0.4 is 10.6 Å². The highest BCUT2D eigenvalue weighted by Crippen LogP contribution is 2.22. The van der Waals surface area contributed by atoms with E-state index in [4.69, 9.17) is 0 Å². The normalized spacial score (nSPS) is 11.0. The van der Waals surface area contributed by atoms with Crippen molar-refractivity contribution < 1.29 is 4.79 Å². The van der Waals surface area contributed by atoms with E-state index in [0.717, 1.165) is 10.9 Å². The van der Waals surface area contributed by atoms with Crippen LogP contribution in [0.5, 0.6) is 0 Å². The van der Waals surface area contributed by atoms with Gasteiger partial charge in [0, 0.05) is 19.0 Å². The molecule has 0 saturated carbocycles. The van der Waals surface area contributed by atoms with Crippen molar-refractivity contribution >= 4 is 22.6 Å². The van der Waals surface area contributed by atoms with E-state index in [0.29, 0.717) is 17.9 Å². The number of carbonyl (C=O) groups excluding carboxylic acids is 1. The maximum absolute atomic E-state index is 11.8. The molecule has 0 fully saturated rings. The first kappa shape index (κ1) is 14.8. The first-order valence-electron chi connectivity index (χ1n) is 6.74. The molecule has 1 amide bonds. The molecule has 0 aliphatic rings. The van der Waals surface area contributed by atoms with Crippen molar-refractivity contribution in [2.75, 3.05) is 18.9 Å². The Morgan fingerprint density at radius 1 is 1.38 bits per heavy atom. The van der Waals surface area contributed by atoms with Crippen molar-refractivity contribution in [1.82, 2.24) is 10.3 Å². The summed E-state index contributed by atoms with van der Waals surface area (Å²) >= 11 is 0. The van der Waals surface area contributed by atoms with Crippen LogP contribution in [0.2, 0.25) is 0 Å². The molecule has 0 atom stereocenters. The number of hydrogen-bond donors (Lipinski definition) is 2. The van der Waals surface area contributed by atoms with Crippen molar-refractivity contribution in [2.45, 2.75) is 13.8 Å². The third-order valence-corrected chi connectivity index (χ3v) is 3.38. The van der Waals surface area contributed by atoms with Gasteiger partial charge in [-0.15, -0.1) is 0 Å². The number of pyridine rings is 1. The van der Waals surface area contributed by atoms with Crippen LogP contribution in [-0.4, -0.2) is 24.5 Å². The largest absolute Gasteiger partial charge is 0.368 e. The van der Waals surface area contributed by atoms with Crippen molar-refractivity contribution in [3.8, 4) is 6.07 Å². The maximum Gasteiger partial charge on any atom is 0.227 e. The third kappa shape index (κ3) is 3.11. The lowest BCUT2D eigenvalue weighted by molar-refractivity contribution is -0.128. The Balaban J connectivity index is 2.30. The molecule has 0 aliphatic carbocycles. The van der Waals surface area contributed by atoms with Crippen LogP contribution in [0.25, 0.3) is 10.9 Å². The summed E-state index contributed by atoms with van der Waals surface area (Å²) in [6.07, 6.45) is 0. The number of anilines is 1. The molecule has 0 aliphatic heterocycles. The number of amides is 1. The molecular weight excluding hydrogens is 264 g/mol. The summed E-state index contributed by atoms with van der Waals surface area (Å²) in [5.41, 5.74) is 0.701. The average molecular weight is 282 g/mol. The molecule has 0 radical (unpaired) electrons. The van der Waals surface area contributed by atoms with Gasteiger partial charge in [0.2, 0.25) is 5.91 Å². The SMILES string of the molecule is CNC(=O)C(C)(C)CNc1nc2ccccc2cc1C#N. The van der Waals surface area contributed by atoms with E-state index in [9.17, 15) is 10.1 Å². The smallest absolute Gasteiger partial charge is 0.227 e. The number of nitriles is 1.